The maximum absolute atomic E-state index is 13.0. The number of aryl methyl sites for hydroxylation is 1. The molecule has 5 nitrogen and oxygen atoms in total. The van der Waals surface area contributed by atoms with Gasteiger partial charge in [-0.3, -0.25) is 0 Å². The van der Waals surface area contributed by atoms with Crippen LogP contribution in [0.15, 0.2) is 24.3 Å². The van der Waals surface area contributed by atoms with E-state index in [4.69, 9.17) is 4.74 Å². The van der Waals surface area contributed by atoms with E-state index >= 15 is 0 Å². The van der Waals surface area contributed by atoms with E-state index in [1.165, 1.54) is 6.07 Å². The van der Waals surface area contributed by atoms with Crippen molar-refractivity contribution < 1.29 is 22.7 Å². The molecule has 0 unspecified atom stereocenters. The molecule has 1 atom stereocenters. The minimum atomic E-state index is -4.39. The van der Waals surface area contributed by atoms with Crippen molar-refractivity contribution in [3.05, 3.63) is 46.6 Å². The van der Waals surface area contributed by atoms with Crippen LogP contribution in [0, 0.1) is 6.92 Å². The zero-order chi connectivity index (χ0) is 19.8. The fourth-order valence-corrected chi connectivity index (χ4v) is 3.46. The molecule has 0 N–H and O–H groups in total. The number of nitrogens with zero attached hydrogens (tertiary/aromatic N) is 3. The first kappa shape index (κ1) is 19.3. The molecule has 1 aromatic carbocycles. The number of carbonyl (C=O) groups excluding carboxylic acids is 1. The Labute approximate surface area is 155 Å². The Bertz CT molecular complexity index is 845. The summed E-state index contributed by atoms with van der Waals surface area (Å²) in [5.41, 5.74) is 0.804. The fraction of sp³-hybridized carbons (Fsp3) is 0.474. The van der Waals surface area contributed by atoms with Crippen LogP contribution >= 0.6 is 0 Å². The van der Waals surface area contributed by atoms with Gasteiger partial charge in [-0.25, -0.2) is 9.48 Å². The van der Waals surface area contributed by atoms with Crippen LogP contribution in [-0.4, -0.2) is 28.9 Å². The second-order valence-electron chi connectivity index (χ2n) is 6.59. The van der Waals surface area contributed by atoms with Crippen molar-refractivity contribution in [2.24, 2.45) is 0 Å². The monoisotopic (exact) mass is 381 g/mol. The van der Waals surface area contributed by atoms with Crippen LogP contribution in [0.5, 0.6) is 0 Å². The first-order valence-electron chi connectivity index (χ1n) is 8.93. The second-order valence-corrected chi connectivity index (χ2v) is 6.59. The van der Waals surface area contributed by atoms with Crippen LogP contribution in [-0.2, 0) is 17.5 Å². The zero-order valence-electron chi connectivity index (χ0n) is 15.5. The molecule has 2 heterocycles. The second kappa shape index (κ2) is 7.25. The lowest BCUT2D eigenvalue weighted by molar-refractivity contribution is -0.137. The van der Waals surface area contributed by atoms with Crippen molar-refractivity contribution >= 4 is 11.8 Å². The Hall–Kier alpha value is -2.51. The van der Waals surface area contributed by atoms with E-state index in [0.29, 0.717) is 29.2 Å². The van der Waals surface area contributed by atoms with Gasteiger partial charge < -0.3 is 9.64 Å². The lowest BCUT2D eigenvalue weighted by atomic mass is 10.1. The van der Waals surface area contributed by atoms with Gasteiger partial charge in [0.25, 0.3) is 0 Å². The molecule has 0 amide bonds. The number of halogens is 3. The van der Waals surface area contributed by atoms with Crippen LogP contribution in [0.4, 0.5) is 19.0 Å². The van der Waals surface area contributed by atoms with Gasteiger partial charge in [0, 0.05) is 13.1 Å². The van der Waals surface area contributed by atoms with E-state index in [9.17, 15) is 18.0 Å². The molecule has 2 aromatic rings. The van der Waals surface area contributed by atoms with Crippen molar-refractivity contribution in [1.29, 1.82) is 0 Å². The highest BCUT2D eigenvalue weighted by atomic mass is 19.4. The molecule has 0 saturated carbocycles. The summed E-state index contributed by atoms with van der Waals surface area (Å²) in [4.78, 5) is 14.3. The molecule has 8 heteroatoms. The number of fused-ring (bicyclic) bond motifs is 1. The minimum absolute atomic E-state index is 0.0627. The zero-order valence-corrected chi connectivity index (χ0v) is 15.5. The van der Waals surface area contributed by atoms with E-state index in [1.54, 1.807) is 24.6 Å². The summed E-state index contributed by atoms with van der Waals surface area (Å²) >= 11 is 0. The van der Waals surface area contributed by atoms with Crippen LogP contribution in [0.3, 0.4) is 0 Å². The highest BCUT2D eigenvalue weighted by Gasteiger charge is 2.36. The molecule has 1 aliphatic heterocycles. The van der Waals surface area contributed by atoms with Gasteiger partial charge in [0.1, 0.15) is 11.4 Å². The van der Waals surface area contributed by atoms with Crippen molar-refractivity contribution in [3.8, 4) is 0 Å². The Kier molecular flexibility index (Phi) is 5.17. The Balaban J connectivity index is 1.97. The fourth-order valence-electron chi connectivity index (χ4n) is 3.46. The highest BCUT2D eigenvalue weighted by molar-refractivity contribution is 5.96. The molecule has 27 heavy (non-hydrogen) atoms. The predicted molar refractivity (Wildman–Crippen MR) is 94.7 cm³/mol. The molecule has 1 aliphatic rings. The Morgan fingerprint density at radius 1 is 1.33 bits per heavy atom. The molecule has 0 bridgehead atoms. The topological polar surface area (TPSA) is 47.4 Å². The van der Waals surface area contributed by atoms with Crippen molar-refractivity contribution in [2.45, 2.75) is 46.0 Å². The smallest absolute Gasteiger partial charge is 0.416 e. The predicted octanol–water partition coefficient (Wildman–Crippen LogP) is 4.36. The van der Waals surface area contributed by atoms with Gasteiger partial charge in [0.05, 0.1) is 23.9 Å². The lowest BCUT2D eigenvalue weighted by Crippen LogP contribution is -2.24. The van der Waals surface area contributed by atoms with Crippen LogP contribution in [0.1, 0.15) is 53.5 Å². The van der Waals surface area contributed by atoms with Gasteiger partial charge in [-0.1, -0.05) is 19.1 Å². The minimum Gasteiger partial charge on any atom is -0.462 e. The molecule has 0 fully saturated rings. The van der Waals surface area contributed by atoms with E-state index in [-0.39, 0.29) is 19.2 Å². The first-order valence-corrected chi connectivity index (χ1v) is 8.93. The number of carbonyl (C=O) groups is 1. The normalized spacial score (nSPS) is 16.5. The van der Waals surface area contributed by atoms with Crippen LogP contribution in [0.25, 0.3) is 0 Å². The number of anilines is 1. The van der Waals surface area contributed by atoms with Gasteiger partial charge in [-0.05, 0) is 38.0 Å². The molecular formula is C19H22F3N3O2. The quantitative estimate of drug-likeness (QED) is 0.722. The summed E-state index contributed by atoms with van der Waals surface area (Å²) in [5, 5.41) is 4.49. The molecule has 0 saturated heterocycles. The third-order valence-corrected chi connectivity index (χ3v) is 4.72. The number of benzene rings is 1. The molecule has 0 aliphatic carbocycles. The van der Waals surface area contributed by atoms with E-state index in [0.717, 1.165) is 18.6 Å². The van der Waals surface area contributed by atoms with Crippen molar-refractivity contribution in [2.75, 3.05) is 18.1 Å². The van der Waals surface area contributed by atoms with Gasteiger partial charge in [-0.15, -0.1) is 0 Å². The molecule has 1 aromatic heterocycles. The molecule has 0 spiro atoms. The largest absolute Gasteiger partial charge is 0.462 e. The number of esters is 1. The number of ether oxygens (including phenoxy) is 1. The van der Waals surface area contributed by atoms with Gasteiger partial charge in [0.15, 0.2) is 0 Å². The Morgan fingerprint density at radius 3 is 2.70 bits per heavy atom. The van der Waals surface area contributed by atoms with Gasteiger partial charge in [-0.2, -0.15) is 18.3 Å². The van der Waals surface area contributed by atoms with Crippen molar-refractivity contribution in [3.63, 3.8) is 0 Å². The summed E-state index contributed by atoms with van der Waals surface area (Å²) in [7, 11) is 0. The van der Waals surface area contributed by atoms with Crippen LogP contribution in [0.2, 0.25) is 0 Å². The van der Waals surface area contributed by atoms with Crippen molar-refractivity contribution in [1.82, 2.24) is 9.78 Å². The summed E-state index contributed by atoms with van der Waals surface area (Å²) in [6, 6.07) is 5.33. The average molecular weight is 381 g/mol. The molecule has 0 radical (unpaired) electrons. The van der Waals surface area contributed by atoms with Crippen LogP contribution < -0.4 is 4.90 Å². The SMILES string of the molecule is CCOC(=O)c1c(C)nn2c1N(Cc1cccc(C(F)(F)F)c1)C[C@H]2CC. The summed E-state index contributed by atoms with van der Waals surface area (Å²) in [6.07, 6.45) is -3.59. The molecule has 3 rings (SSSR count). The summed E-state index contributed by atoms with van der Waals surface area (Å²) < 4.78 is 46.0. The van der Waals surface area contributed by atoms with E-state index < -0.39 is 17.7 Å². The number of aromatic nitrogens is 2. The lowest BCUT2D eigenvalue weighted by Gasteiger charge is -2.20. The van der Waals surface area contributed by atoms with E-state index in [1.807, 2.05) is 11.8 Å². The number of rotatable bonds is 5. The van der Waals surface area contributed by atoms with Gasteiger partial charge >= 0.3 is 12.1 Å². The number of hydrogen-bond donors (Lipinski definition) is 0. The third kappa shape index (κ3) is 3.65. The van der Waals surface area contributed by atoms with E-state index in [2.05, 4.69) is 5.10 Å². The third-order valence-electron chi connectivity index (χ3n) is 4.72. The number of alkyl halides is 3. The summed E-state index contributed by atoms with van der Waals surface area (Å²) in [6.45, 7) is 6.58. The highest BCUT2D eigenvalue weighted by Crippen LogP contribution is 2.37. The molecular weight excluding hydrogens is 359 g/mol. The first-order chi connectivity index (χ1) is 12.8. The summed E-state index contributed by atoms with van der Waals surface area (Å²) in [5.74, 6) is 0.164. The number of hydrogen-bond acceptors (Lipinski definition) is 4. The Morgan fingerprint density at radius 2 is 2.07 bits per heavy atom. The van der Waals surface area contributed by atoms with Gasteiger partial charge in [0.2, 0.25) is 0 Å². The standard InChI is InChI=1S/C19H22F3N3O2/c1-4-15-11-24(10-13-7-6-8-14(9-13)19(20,21)22)17-16(18(26)27-5-2)12(3)23-25(15)17/h6-9,15H,4-5,10-11H2,1-3H3/t15-/m1/s1. The maximum Gasteiger partial charge on any atom is 0.416 e. The average Bonchev–Trinajstić information content (AvgIpc) is 3.10. The molecule has 146 valence electrons. The maximum atomic E-state index is 13.0.